The number of fused-ring (bicyclic) bond motifs is 1. The van der Waals surface area contributed by atoms with Crippen LogP contribution < -0.4 is 9.64 Å². The van der Waals surface area contributed by atoms with Gasteiger partial charge in [0.05, 0.1) is 28.5 Å². The lowest BCUT2D eigenvalue weighted by Gasteiger charge is -2.27. The second-order valence-electron chi connectivity index (χ2n) is 7.95. The van der Waals surface area contributed by atoms with E-state index in [0.29, 0.717) is 16.7 Å². The Hall–Kier alpha value is -2.19. The largest absolute Gasteiger partial charge is 0.483 e. The van der Waals surface area contributed by atoms with Gasteiger partial charge in [-0.3, -0.25) is 14.6 Å². The number of nitrogens with zero attached hydrogens (tertiary/aromatic N) is 3. The number of anilines is 1. The number of thiazole rings is 1. The van der Waals surface area contributed by atoms with E-state index in [4.69, 9.17) is 26.1 Å². The molecule has 6 nitrogen and oxygen atoms in total. The molecule has 1 saturated heterocycles. The first kappa shape index (κ1) is 23.0. The lowest BCUT2D eigenvalue weighted by atomic mass is 10.2. The molecule has 1 aliphatic heterocycles. The minimum Gasteiger partial charge on any atom is -0.483 e. The molecule has 0 spiro atoms. The number of aryl methyl sites for hydroxylation is 2. The second kappa shape index (κ2) is 10.6. The van der Waals surface area contributed by atoms with Crippen molar-refractivity contribution in [3.05, 3.63) is 52.5 Å². The Morgan fingerprint density at radius 2 is 1.97 bits per heavy atom. The zero-order valence-corrected chi connectivity index (χ0v) is 20.0. The fourth-order valence-electron chi connectivity index (χ4n) is 3.75. The molecule has 0 atom stereocenters. The fraction of sp³-hybridized carbons (Fsp3) is 0.417. The van der Waals surface area contributed by atoms with Crippen LogP contribution in [0.25, 0.3) is 10.2 Å². The Labute approximate surface area is 197 Å². The SMILES string of the molecule is Cc1ccccc1OCC(=O)N(CCCN1CCOCC1)c1nc2c(C)ccc(Cl)c2s1. The van der Waals surface area contributed by atoms with Crippen LogP contribution in [0.15, 0.2) is 36.4 Å². The van der Waals surface area contributed by atoms with Crippen LogP contribution in [0.2, 0.25) is 5.02 Å². The Kier molecular flexibility index (Phi) is 7.63. The maximum absolute atomic E-state index is 13.3. The Balaban J connectivity index is 1.51. The zero-order valence-electron chi connectivity index (χ0n) is 18.5. The van der Waals surface area contributed by atoms with Crippen molar-refractivity contribution in [2.75, 3.05) is 50.9 Å². The Bertz CT molecular complexity index is 1040. The molecule has 1 aromatic heterocycles. The van der Waals surface area contributed by atoms with Crippen LogP contribution in [-0.2, 0) is 9.53 Å². The predicted molar refractivity (Wildman–Crippen MR) is 130 cm³/mol. The highest BCUT2D eigenvalue weighted by atomic mass is 35.5. The molecule has 8 heteroatoms. The van der Waals surface area contributed by atoms with Crippen molar-refractivity contribution < 1.29 is 14.3 Å². The molecule has 170 valence electrons. The van der Waals surface area contributed by atoms with Crippen LogP contribution >= 0.6 is 22.9 Å². The number of carbonyl (C=O) groups is 1. The van der Waals surface area contributed by atoms with Gasteiger partial charge in [-0.25, -0.2) is 4.98 Å². The minimum atomic E-state index is -0.108. The van der Waals surface area contributed by atoms with Gasteiger partial charge in [0, 0.05) is 26.2 Å². The van der Waals surface area contributed by atoms with Crippen molar-refractivity contribution in [3.8, 4) is 5.75 Å². The van der Waals surface area contributed by atoms with Crippen LogP contribution in [0.4, 0.5) is 5.13 Å². The first-order chi connectivity index (χ1) is 15.5. The third-order valence-electron chi connectivity index (χ3n) is 5.62. The number of amides is 1. The molecule has 1 amide bonds. The summed E-state index contributed by atoms with van der Waals surface area (Å²) in [4.78, 5) is 22.2. The number of hydrogen-bond acceptors (Lipinski definition) is 6. The van der Waals surface area contributed by atoms with Crippen molar-refractivity contribution >= 4 is 44.2 Å². The van der Waals surface area contributed by atoms with Gasteiger partial charge in [0.25, 0.3) is 5.91 Å². The molecule has 0 radical (unpaired) electrons. The normalized spacial score (nSPS) is 14.6. The van der Waals surface area contributed by atoms with Crippen LogP contribution in [0.3, 0.4) is 0 Å². The number of halogens is 1. The number of morpholine rings is 1. The van der Waals surface area contributed by atoms with Gasteiger partial charge in [-0.1, -0.05) is 47.2 Å². The van der Waals surface area contributed by atoms with Crippen LogP contribution in [-0.4, -0.2) is 61.8 Å². The van der Waals surface area contributed by atoms with Crippen LogP contribution in [0.5, 0.6) is 5.75 Å². The molecule has 2 aromatic carbocycles. The van der Waals surface area contributed by atoms with Crippen molar-refractivity contribution in [1.82, 2.24) is 9.88 Å². The lowest BCUT2D eigenvalue weighted by molar-refractivity contribution is -0.120. The van der Waals surface area contributed by atoms with E-state index < -0.39 is 0 Å². The average molecular weight is 474 g/mol. The fourth-order valence-corrected chi connectivity index (χ4v) is 5.11. The summed E-state index contributed by atoms with van der Waals surface area (Å²) in [6.45, 7) is 8.82. The van der Waals surface area contributed by atoms with Gasteiger partial charge < -0.3 is 9.47 Å². The third-order valence-corrected chi connectivity index (χ3v) is 7.16. The van der Waals surface area contributed by atoms with E-state index in [1.807, 2.05) is 50.2 Å². The lowest BCUT2D eigenvalue weighted by Crippen LogP contribution is -2.40. The molecule has 1 aliphatic rings. The van der Waals surface area contributed by atoms with E-state index in [1.54, 1.807) is 4.90 Å². The topological polar surface area (TPSA) is 54.9 Å². The van der Waals surface area contributed by atoms with Gasteiger partial charge in [0.15, 0.2) is 11.7 Å². The number of para-hydroxylation sites is 1. The van der Waals surface area contributed by atoms with Crippen LogP contribution in [0, 0.1) is 13.8 Å². The molecule has 0 N–H and O–H groups in total. The highest BCUT2D eigenvalue weighted by Crippen LogP contribution is 2.35. The molecular formula is C24H28ClN3O3S. The molecule has 32 heavy (non-hydrogen) atoms. The summed E-state index contributed by atoms with van der Waals surface area (Å²) in [6.07, 6.45) is 0.846. The standard InChI is InChI=1S/C24H28ClN3O3S/c1-17-6-3-4-7-20(17)31-16-21(29)28(11-5-10-27-12-14-30-15-13-27)24-26-22-18(2)8-9-19(25)23(22)32-24/h3-4,6-9H,5,10-16H2,1-2H3. The maximum atomic E-state index is 13.3. The monoisotopic (exact) mass is 473 g/mol. The molecule has 0 saturated carbocycles. The highest BCUT2D eigenvalue weighted by molar-refractivity contribution is 7.23. The van der Waals surface area contributed by atoms with E-state index in [2.05, 4.69) is 4.90 Å². The highest BCUT2D eigenvalue weighted by Gasteiger charge is 2.22. The Morgan fingerprint density at radius 1 is 1.19 bits per heavy atom. The van der Waals surface area contributed by atoms with E-state index >= 15 is 0 Å². The molecule has 2 heterocycles. The summed E-state index contributed by atoms with van der Waals surface area (Å²) in [6, 6.07) is 11.6. The third kappa shape index (κ3) is 5.41. The molecule has 4 rings (SSSR count). The molecule has 1 fully saturated rings. The Morgan fingerprint density at radius 3 is 2.72 bits per heavy atom. The van der Waals surface area contributed by atoms with Gasteiger partial charge >= 0.3 is 0 Å². The van der Waals surface area contributed by atoms with Crippen molar-refractivity contribution in [1.29, 1.82) is 0 Å². The molecular weight excluding hydrogens is 446 g/mol. The van der Waals surface area contributed by atoms with Gasteiger partial charge in [-0.2, -0.15) is 0 Å². The maximum Gasteiger partial charge on any atom is 0.266 e. The number of aromatic nitrogens is 1. The summed E-state index contributed by atoms with van der Waals surface area (Å²) in [5.41, 5.74) is 2.90. The predicted octanol–water partition coefficient (Wildman–Crippen LogP) is 4.70. The molecule has 0 aliphatic carbocycles. The van der Waals surface area contributed by atoms with Crippen LogP contribution in [0.1, 0.15) is 17.5 Å². The molecule has 0 unspecified atom stereocenters. The number of ether oxygens (including phenoxy) is 2. The summed E-state index contributed by atoms with van der Waals surface area (Å²) >= 11 is 7.87. The zero-order chi connectivity index (χ0) is 22.5. The minimum absolute atomic E-state index is 0.0367. The number of rotatable bonds is 8. The summed E-state index contributed by atoms with van der Waals surface area (Å²) < 4.78 is 12.2. The average Bonchev–Trinajstić information content (AvgIpc) is 3.26. The number of carbonyl (C=O) groups excluding carboxylic acids is 1. The van der Waals surface area contributed by atoms with Gasteiger partial charge in [0.2, 0.25) is 0 Å². The molecule has 3 aromatic rings. The summed E-state index contributed by atoms with van der Waals surface area (Å²) in [7, 11) is 0. The van der Waals surface area contributed by atoms with E-state index in [9.17, 15) is 4.79 Å². The van der Waals surface area contributed by atoms with Gasteiger partial charge in [-0.05, 0) is 43.5 Å². The summed E-state index contributed by atoms with van der Waals surface area (Å²) in [5, 5.41) is 1.32. The second-order valence-corrected chi connectivity index (χ2v) is 9.33. The van der Waals surface area contributed by atoms with Crippen molar-refractivity contribution in [2.24, 2.45) is 0 Å². The van der Waals surface area contributed by atoms with Crippen molar-refractivity contribution in [2.45, 2.75) is 20.3 Å². The van der Waals surface area contributed by atoms with E-state index in [-0.39, 0.29) is 12.5 Å². The number of benzene rings is 2. The first-order valence-electron chi connectivity index (χ1n) is 10.9. The quantitative estimate of drug-likeness (QED) is 0.474. The van der Waals surface area contributed by atoms with Crippen molar-refractivity contribution in [3.63, 3.8) is 0 Å². The molecule has 0 bridgehead atoms. The van der Waals surface area contributed by atoms with E-state index in [1.165, 1.54) is 11.3 Å². The first-order valence-corrected chi connectivity index (χ1v) is 12.1. The van der Waals surface area contributed by atoms with E-state index in [0.717, 1.165) is 66.4 Å². The smallest absolute Gasteiger partial charge is 0.266 e. The van der Waals surface area contributed by atoms with Gasteiger partial charge in [0.1, 0.15) is 5.75 Å². The van der Waals surface area contributed by atoms with Gasteiger partial charge in [-0.15, -0.1) is 0 Å². The number of hydrogen-bond donors (Lipinski definition) is 0. The summed E-state index contributed by atoms with van der Waals surface area (Å²) in [5.74, 6) is 0.611.